The van der Waals surface area contributed by atoms with Crippen LogP contribution in [0.1, 0.15) is 31.4 Å². The van der Waals surface area contributed by atoms with Crippen LogP contribution >= 0.6 is 11.6 Å². The van der Waals surface area contributed by atoms with Gasteiger partial charge in [0.05, 0.1) is 11.4 Å². The highest BCUT2D eigenvalue weighted by Crippen LogP contribution is 2.33. The molecular formula is C25H23ClN4O3. The summed E-state index contributed by atoms with van der Waals surface area (Å²) >= 11 is 6.01. The van der Waals surface area contributed by atoms with Gasteiger partial charge < -0.3 is 5.32 Å². The smallest absolute Gasteiger partial charge is 0.337 e. The highest BCUT2D eigenvalue weighted by atomic mass is 35.5. The number of anilines is 2. The van der Waals surface area contributed by atoms with Gasteiger partial charge >= 0.3 is 5.69 Å². The lowest BCUT2D eigenvalue weighted by molar-refractivity contribution is 0.636. The number of nitrogens with zero attached hydrogens (tertiary/aromatic N) is 3. The van der Waals surface area contributed by atoms with Crippen molar-refractivity contribution in [1.82, 2.24) is 13.7 Å². The van der Waals surface area contributed by atoms with E-state index in [1.165, 1.54) is 19.8 Å². The molecule has 1 aliphatic rings. The van der Waals surface area contributed by atoms with Gasteiger partial charge in [-0.2, -0.15) is 0 Å². The molecule has 2 heterocycles. The molecule has 0 radical (unpaired) electrons. The van der Waals surface area contributed by atoms with Crippen molar-refractivity contribution in [2.45, 2.75) is 32.2 Å². The first-order valence-corrected chi connectivity index (χ1v) is 11.3. The molecular weight excluding hydrogens is 440 g/mol. The predicted octanol–water partition coefficient (Wildman–Crippen LogP) is 4.15. The Bertz CT molecular complexity index is 1560. The van der Waals surface area contributed by atoms with E-state index in [1.54, 1.807) is 31.3 Å². The van der Waals surface area contributed by atoms with Gasteiger partial charge in [-0.3, -0.25) is 18.7 Å². The molecule has 5 rings (SSSR count). The van der Waals surface area contributed by atoms with Gasteiger partial charge in [-0.1, -0.05) is 36.7 Å². The van der Waals surface area contributed by atoms with Crippen LogP contribution in [0.4, 0.5) is 11.4 Å². The second kappa shape index (κ2) is 8.08. The highest BCUT2D eigenvalue weighted by Gasteiger charge is 2.31. The third-order valence-electron chi connectivity index (χ3n) is 6.10. The van der Waals surface area contributed by atoms with Crippen LogP contribution in [0.15, 0.2) is 69.0 Å². The maximum Gasteiger partial charge on any atom is 0.337 e. The number of rotatable bonds is 5. The number of aromatic nitrogens is 3. The van der Waals surface area contributed by atoms with Crippen molar-refractivity contribution in [3.05, 3.63) is 96.4 Å². The number of benzene rings is 2. The van der Waals surface area contributed by atoms with E-state index in [9.17, 15) is 14.4 Å². The summed E-state index contributed by atoms with van der Waals surface area (Å²) in [6, 6.07) is 15.8. The van der Waals surface area contributed by atoms with Crippen molar-refractivity contribution >= 4 is 34.0 Å². The number of fused-ring (bicyclic) bond motifs is 1. The summed E-state index contributed by atoms with van der Waals surface area (Å²) in [7, 11) is 1.59. The minimum atomic E-state index is -0.422. The molecule has 2 aromatic heterocycles. The standard InChI is InChI=1S/C25H23ClN4O3/c1-3-15-6-4-5-7-20(15)30-23-22(24(32)29(25(30)33)18-12-13-18)19(14-21(31)28(23)2)27-17-10-8-16(26)9-11-17/h4-11,14,18,27H,3,12-13H2,1-2H3. The molecule has 1 saturated carbocycles. The molecule has 4 aromatic rings. The quantitative estimate of drug-likeness (QED) is 0.483. The molecule has 0 aliphatic heterocycles. The Kier molecular flexibility index (Phi) is 5.21. The van der Waals surface area contributed by atoms with E-state index in [2.05, 4.69) is 5.32 Å². The lowest BCUT2D eigenvalue weighted by Gasteiger charge is -2.20. The fourth-order valence-electron chi connectivity index (χ4n) is 4.25. The van der Waals surface area contributed by atoms with Gasteiger partial charge in [-0.15, -0.1) is 0 Å². The molecule has 0 atom stereocenters. The summed E-state index contributed by atoms with van der Waals surface area (Å²) in [6.45, 7) is 2.01. The summed E-state index contributed by atoms with van der Waals surface area (Å²) in [4.78, 5) is 40.3. The topological polar surface area (TPSA) is 78.0 Å². The van der Waals surface area contributed by atoms with Crippen molar-refractivity contribution < 1.29 is 0 Å². The average Bonchev–Trinajstić information content (AvgIpc) is 3.64. The maximum atomic E-state index is 13.7. The van der Waals surface area contributed by atoms with Gasteiger partial charge in [0, 0.05) is 29.9 Å². The molecule has 168 valence electrons. The monoisotopic (exact) mass is 462 g/mol. The van der Waals surface area contributed by atoms with Crippen LogP contribution in [-0.4, -0.2) is 13.7 Å². The highest BCUT2D eigenvalue weighted by molar-refractivity contribution is 6.30. The van der Waals surface area contributed by atoms with Crippen molar-refractivity contribution in [2.24, 2.45) is 7.05 Å². The van der Waals surface area contributed by atoms with E-state index in [0.717, 1.165) is 18.4 Å². The molecule has 1 fully saturated rings. The Morgan fingerprint density at radius 1 is 1.03 bits per heavy atom. The van der Waals surface area contributed by atoms with Crippen LogP contribution in [0, 0.1) is 0 Å². The summed E-state index contributed by atoms with van der Waals surface area (Å²) in [5.74, 6) is 0. The SMILES string of the molecule is CCc1ccccc1-n1c(=O)n(C2CC2)c(=O)c2c(Nc3ccc(Cl)cc3)cc(=O)n(C)c21. The Hall–Kier alpha value is -3.58. The number of hydrogen-bond acceptors (Lipinski definition) is 4. The molecule has 0 spiro atoms. The van der Waals surface area contributed by atoms with Crippen molar-refractivity contribution in [3.8, 4) is 5.69 Å². The molecule has 1 N–H and O–H groups in total. The number of pyridine rings is 1. The zero-order chi connectivity index (χ0) is 23.3. The summed E-state index contributed by atoms with van der Waals surface area (Å²) in [5, 5.41) is 4.07. The second-order valence-corrected chi connectivity index (χ2v) is 8.73. The fraction of sp³-hybridized carbons (Fsp3) is 0.240. The molecule has 0 unspecified atom stereocenters. The maximum absolute atomic E-state index is 13.7. The first kappa shape index (κ1) is 21.3. The largest absolute Gasteiger partial charge is 0.355 e. The lowest BCUT2D eigenvalue weighted by atomic mass is 10.1. The first-order chi connectivity index (χ1) is 15.9. The summed E-state index contributed by atoms with van der Waals surface area (Å²) in [5.41, 5.74) is 1.78. The Balaban J connectivity index is 1.92. The molecule has 0 amide bonds. The third kappa shape index (κ3) is 3.58. The Morgan fingerprint density at radius 2 is 1.73 bits per heavy atom. The Morgan fingerprint density at radius 3 is 2.39 bits per heavy atom. The van der Waals surface area contributed by atoms with Crippen molar-refractivity contribution in [3.63, 3.8) is 0 Å². The number of halogens is 1. The van der Waals surface area contributed by atoms with E-state index in [0.29, 0.717) is 33.9 Å². The van der Waals surface area contributed by atoms with E-state index >= 15 is 0 Å². The van der Waals surface area contributed by atoms with Crippen molar-refractivity contribution in [1.29, 1.82) is 0 Å². The third-order valence-corrected chi connectivity index (χ3v) is 6.35. The van der Waals surface area contributed by atoms with Gasteiger partial charge in [0.25, 0.3) is 11.1 Å². The predicted molar refractivity (Wildman–Crippen MR) is 131 cm³/mol. The van der Waals surface area contributed by atoms with Gasteiger partial charge in [0.2, 0.25) is 0 Å². The minimum Gasteiger partial charge on any atom is -0.355 e. The summed E-state index contributed by atoms with van der Waals surface area (Å²) < 4.78 is 4.23. The molecule has 7 nitrogen and oxygen atoms in total. The molecule has 0 saturated heterocycles. The Labute approximate surface area is 194 Å². The molecule has 2 aromatic carbocycles. The van der Waals surface area contributed by atoms with Crippen LogP contribution in [0.25, 0.3) is 16.7 Å². The zero-order valence-corrected chi connectivity index (χ0v) is 19.1. The molecule has 0 bridgehead atoms. The van der Waals surface area contributed by atoms with E-state index in [4.69, 9.17) is 11.6 Å². The number of hydrogen-bond donors (Lipinski definition) is 1. The van der Waals surface area contributed by atoms with E-state index < -0.39 is 11.2 Å². The van der Waals surface area contributed by atoms with Crippen LogP contribution in [0.2, 0.25) is 5.02 Å². The minimum absolute atomic E-state index is 0.130. The van der Waals surface area contributed by atoms with Gasteiger partial charge in [0.1, 0.15) is 11.0 Å². The summed E-state index contributed by atoms with van der Waals surface area (Å²) in [6.07, 6.45) is 2.26. The average molecular weight is 463 g/mol. The fourth-order valence-corrected chi connectivity index (χ4v) is 4.38. The van der Waals surface area contributed by atoms with Gasteiger partial charge in [-0.05, 0) is 55.2 Å². The molecule has 33 heavy (non-hydrogen) atoms. The first-order valence-electron chi connectivity index (χ1n) is 10.9. The van der Waals surface area contributed by atoms with Crippen LogP contribution in [0.3, 0.4) is 0 Å². The molecule has 8 heteroatoms. The number of para-hydroxylation sites is 1. The van der Waals surface area contributed by atoms with E-state index in [1.807, 2.05) is 31.2 Å². The van der Waals surface area contributed by atoms with Crippen LogP contribution in [0.5, 0.6) is 0 Å². The normalized spacial score (nSPS) is 13.4. The second-order valence-electron chi connectivity index (χ2n) is 8.29. The molecule has 1 aliphatic carbocycles. The van der Waals surface area contributed by atoms with Gasteiger partial charge in [0.15, 0.2) is 0 Å². The number of aryl methyl sites for hydroxylation is 2. The zero-order valence-electron chi connectivity index (χ0n) is 18.3. The van der Waals surface area contributed by atoms with E-state index in [-0.39, 0.29) is 17.2 Å². The number of nitrogens with one attached hydrogen (secondary N) is 1. The van der Waals surface area contributed by atoms with Gasteiger partial charge in [-0.25, -0.2) is 9.36 Å². The lowest BCUT2D eigenvalue weighted by Crippen LogP contribution is -2.41. The van der Waals surface area contributed by atoms with Crippen molar-refractivity contribution in [2.75, 3.05) is 5.32 Å². The van der Waals surface area contributed by atoms with Crippen LogP contribution < -0.4 is 22.1 Å². The van der Waals surface area contributed by atoms with Crippen LogP contribution in [-0.2, 0) is 13.5 Å².